The van der Waals surface area contributed by atoms with Gasteiger partial charge in [-0.15, -0.1) is 0 Å². The van der Waals surface area contributed by atoms with E-state index in [1.807, 2.05) is 6.20 Å². The Bertz CT molecular complexity index is 1560. The highest BCUT2D eigenvalue weighted by atomic mass is 15.0. The lowest BCUT2D eigenvalue weighted by molar-refractivity contribution is 0.588. The van der Waals surface area contributed by atoms with Crippen LogP contribution in [0.2, 0.25) is 0 Å². The summed E-state index contributed by atoms with van der Waals surface area (Å²) < 4.78 is 0. The molecule has 5 aromatic rings. The molecule has 0 unspecified atom stereocenters. The van der Waals surface area contributed by atoms with Crippen molar-refractivity contribution in [1.29, 1.82) is 0 Å². The molecule has 1 aliphatic heterocycles. The lowest BCUT2D eigenvalue weighted by atomic mass is 9.99. The second kappa shape index (κ2) is 9.55. The van der Waals surface area contributed by atoms with Gasteiger partial charge in [0.1, 0.15) is 11.6 Å². The summed E-state index contributed by atoms with van der Waals surface area (Å²) in [7, 11) is 0. The van der Waals surface area contributed by atoms with Gasteiger partial charge in [0.25, 0.3) is 0 Å². The van der Waals surface area contributed by atoms with Crippen LogP contribution in [0.15, 0.2) is 72.9 Å². The van der Waals surface area contributed by atoms with Gasteiger partial charge < -0.3 is 15.3 Å². The summed E-state index contributed by atoms with van der Waals surface area (Å²) in [4.78, 5) is 16.7. The molecular weight excluding hydrogens is 466 g/mol. The number of aromatic amines is 2. The predicted octanol–water partition coefficient (Wildman–Crippen LogP) is 7.86. The van der Waals surface area contributed by atoms with E-state index in [4.69, 9.17) is 4.98 Å². The smallest absolute Gasteiger partial charge is 0.123 e. The number of H-pyrrole nitrogens is 2. The van der Waals surface area contributed by atoms with Crippen LogP contribution in [0.25, 0.3) is 44.5 Å². The average Bonchev–Trinajstić information content (AvgIpc) is 3.75. The first-order valence-electron chi connectivity index (χ1n) is 14.1. The van der Waals surface area contributed by atoms with E-state index in [-0.39, 0.29) is 0 Å². The van der Waals surface area contributed by atoms with Crippen LogP contribution in [0, 0.1) is 11.8 Å². The van der Waals surface area contributed by atoms with Gasteiger partial charge in [-0.2, -0.15) is 0 Å². The van der Waals surface area contributed by atoms with E-state index in [0.29, 0.717) is 17.9 Å². The fraction of sp³-hybridized carbons (Fsp3) is 0.333. The minimum Gasteiger partial charge on any atom is -0.342 e. The molecule has 5 heteroatoms. The van der Waals surface area contributed by atoms with Crippen LogP contribution in [0.1, 0.15) is 63.1 Å². The maximum atomic E-state index is 4.91. The molecule has 1 aliphatic carbocycles. The quantitative estimate of drug-likeness (QED) is 0.230. The molecule has 2 aliphatic rings. The standard InChI is InChI=1S/C33H35N5/c1-20-3-4-27(15-20)32-36-28-14-13-26(17-29(28)37-32)24-7-5-22(6-8-24)23-9-11-25(12-10-23)31-19-35-33(38-31)30-16-21(2)18-34-30/h5-14,17,19-21,27,30,34H,3-4,15-16,18H2,1-2H3,(H,35,38)(H,36,37)/t20-,21+,27+,30+/m1/s1. The van der Waals surface area contributed by atoms with Crippen molar-refractivity contribution in [2.75, 3.05) is 6.54 Å². The van der Waals surface area contributed by atoms with Crippen molar-refractivity contribution in [3.05, 3.63) is 84.6 Å². The molecule has 2 fully saturated rings. The Labute approximate surface area is 224 Å². The van der Waals surface area contributed by atoms with E-state index in [2.05, 4.69) is 101 Å². The van der Waals surface area contributed by atoms with Crippen molar-refractivity contribution < 1.29 is 0 Å². The van der Waals surface area contributed by atoms with E-state index in [9.17, 15) is 0 Å². The number of rotatable bonds is 5. The van der Waals surface area contributed by atoms with E-state index < -0.39 is 0 Å². The first kappa shape index (κ1) is 23.4. The maximum Gasteiger partial charge on any atom is 0.123 e. The predicted molar refractivity (Wildman–Crippen MR) is 155 cm³/mol. The Morgan fingerprint density at radius 3 is 2.03 bits per heavy atom. The van der Waals surface area contributed by atoms with E-state index in [1.54, 1.807) is 0 Å². The zero-order valence-corrected chi connectivity index (χ0v) is 22.2. The first-order valence-corrected chi connectivity index (χ1v) is 14.1. The van der Waals surface area contributed by atoms with Gasteiger partial charge in [-0.05, 0) is 84.0 Å². The Balaban J connectivity index is 1.07. The molecule has 3 heterocycles. The normalized spacial score (nSPS) is 23.4. The van der Waals surface area contributed by atoms with Gasteiger partial charge in [-0.25, -0.2) is 9.97 Å². The van der Waals surface area contributed by atoms with Crippen molar-refractivity contribution in [3.8, 4) is 33.5 Å². The fourth-order valence-corrected chi connectivity index (χ4v) is 6.34. The minimum atomic E-state index is 0.337. The molecule has 2 aromatic heterocycles. The Kier molecular flexibility index (Phi) is 5.89. The lowest BCUT2D eigenvalue weighted by Gasteiger charge is -2.07. The van der Waals surface area contributed by atoms with E-state index in [0.717, 1.165) is 52.8 Å². The van der Waals surface area contributed by atoms with Crippen molar-refractivity contribution in [2.24, 2.45) is 11.8 Å². The Morgan fingerprint density at radius 2 is 1.37 bits per heavy atom. The molecule has 7 rings (SSSR count). The number of nitrogens with zero attached hydrogens (tertiary/aromatic N) is 2. The fourth-order valence-electron chi connectivity index (χ4n) is 6.34. The van der Waals surface area contributed by atoms with Crippen molar-refractivity contribution >= 4 is 11.0 Å². The topological polar surface area (TPSA) is 69.4 Å². The molecule has 0 radical (unpaired) electrons. The van der Waals surface area contributed by atoms with Crippen LogP contribution in [0.5, 0.6) is 0 Å². The number of aromatic nitrogens is 4. The summed E-state index contributed by atoms with van der Waals surface area (Å²) in [5, 5.41) is 3.56. The number of hydrogen-bond acceptors (Lipinski definition) is 3. The second-order valence-electron chi connectivity index (χ2n) is 11.6. The summed E-state index contributed by atoms with van der Waals surface area (Å²) >= 11 is 0. The summed E-state index contributed by atoms with van der Waals surface area (Å²) in [6, 6.07) is 24.5. The zero-order valence-electron chi connectivity index (χ0n) is 22.2. The van der Waals surface area contributed by atoms with Crippen molar-refractivity contribution in [2.45, 2.75) is 51.5 Å². The first-order chi connectivity index (χ1) is 18.6. The SMILES string of the molecule is C[C@@H]1CC[C@H](c2nc3ccc(-c4ccc(-c5ccc(-c6cnc([C@@H]7C[C@H](C)CN7)[nH]6)cc5)cc4)cc3[nH]2)C1. The van der Waals surface area contributed by atoms with E-state index >= 15 is 0 Å². The Hall–Kier alpha value is -3.70. The highest BCUT2D eigenvalue weighted by molar-refractivity contribution is 5.82. The van der Waals surface area contributed by atoms with Gasteiger partial charge in [0.05, 0.1) is 29.0 Å². The van der Waals surface area contributed by atoms with Crippen LogP contribution in [0.3, 0.4) is 0 Å². The summed E-state index contributed by atoms with van der Waals surface area (Å²) in [5.41, 5.74) is 9.31. The molecule has 0 bridgehead atoms. The Morgan fingerprint density at radius 1 is 0.684 bits per heavy atom. The number of fused-ring (bicyclic) bond motifs is 1. The van der Waals surface area contributed by atoms with Crippen LogP contribution in [-0.2, 0) is 0 Å². The number of imidazole rings is 2. The molecule has 1 saturated carbocycles. The maximum absolute atomic E-state index is 4.91. The summed E-state index contributed by atoms with van der Waals surface area (Å²) in [6.45, 7) is 5.70. The van der Waals surface area contributed by atoms with E-state index in [1.165, 1.54) is 41.5 Å². The average molecular weight is 502 g/mol. The zero-order chi connectivity index (χ0) is 25.6. The molecule has 4 atom stereocenters. The third-order valence-electron chi connectivity index (χ3n) is 8.61. The van der Waals surface area contributed by atoms with Crippen molar-refractivity contribution in [1.82, 2.24) is 25.3 Å². The third-order valence-corrected chi connectivity index (χ3v) is 8.61. The van der Waals surface area contributed by atoms with Gasteiger partial charge in [0.15, 0.2) is 0 Å². The van der Waals surface area contributed by atoms with Gasteiger partial charge in [-0.3, -0.25) is 0 Å². The molecule has 5 nitrogen and oxygen atoms in total. The van der Waals surface area contributed by atoms with Crippen LogP contribution < -0.4 is 5.32 Å². The third kappa shape index (κ3) is 4.45. The highest BCUT2D eigenvalue weighted by Gasteiger charge is 2.26. The van der Waals surface area contributed by atoms with Crippen LogP contribution in [-0.4, -0.2) is 26.5 Å². The molecule has 0 spiro atoms. The van der Waals surface area contributed by atoms with Gasteiger partial charge >= 0.3 is 0 Å². The molecule has 3 N–H and O–H groups in total. The van der Waals surface area contributed by atoms with Gasteiger partial charge in [-0.1, -0.05) is 68.4 Å². The number of benzene rings is 3. The highest BCUT2D eigenvalue weighted by Crippen LogP contribution is 2.38. The van der Waals surface area contributed by atoms with Gasteiger partial charge in [0, 0.05) is 5.92 Å². The lowest BCUT2D eigenvalue weighted by Crippen LogP contribution is -2.14. The molecular formula is C33H35N5. The summed E-state index contributed by atoms with van der Waals surface area (Å²) in [5.74, 6) is 4.29. The van der Waals surface area contributed by atoms with Crippen LogP contribution in [0.4, 0.5) is 0 Å². The molecule has 38 heavy (non-hydrogen) atoms. The largest absolute Gasteiger partial charge is 0.342 e. The minimum absolute atomic E-state index is 0.337. The monoisotopic (exact) mass is 501 g/mol. The van der Waals surface area contributed by atoms with Gasteiger partial charge in [0.2, 0.25) is 0 Å². The number of nitrogens with one attached hydrogen (secondary N) is 3. The number of hydrogen-bond donors (Lipinski definition) is 3. The van der Waals surface area contributed by atoms with Crippen molar-refractivity contribution in [3.63, 3.8) is 0 Å². The summed E-state index contributed by atoms with van der Waals surface area (Å²) in [6.07, 6.45) is 6.89. The molecule has 3 aromatic carbocycles. The molecule has 1 saturated heterocycles. The molecule has 0 amide bonds. The molecule has 192 valence electrons. The second-order valence-corrected chi connectivity index (χ2v) is 11.6. The van der Waals surface area contributed by atoms with Crippen LogP contribution >= 0.6 is 0 Å².